The highest BCUT2D eigenvalue weighted by molar-refractivity contribution is 5.95. The van der Waals surface area contributed by atoms with Crippen LogP contribution in [0.1, 0.15) is 28.9 Å². The van der Waals surface area contributed by atoms with E-state index in [2.05, 4.69) is 10.4 Å². The average molecular weight is 316 g/mol. The molecule has 5 nitrogen and oxygen atoms in total. The molecule has 0 unspecified atom stereocenters. The molecule has 1 fully saturated rings. The van der Waals surface area contributed by atoms with E-state index in [1.54, 1.807) is 31.3 Å². The van der Waals surface area contributed by atoms with Gasteiger partial charge in [-0.1, -0.05) is 12.1 Å². The minimum Gasteiger partial charge on any atom is -0.334 e. The van der Waals surface area contributed by atoms with Crippen molar-refractivity contribution >= 4 is 5.91 Å². The molecule has 1 aliphatic rings. The monoisotopic (exact) mass is 316 g/mol. The summed E-state index contributed by atoms with van der Waals surface area (Å²) in [5.74, 6) is -0.380. The standard InChI is InChI=1S/C17H21FN4O/c1-12-14(17(23)21-9-5-6-13(21)10-19-2)11-20-22(12)16-8-4-3-7-15(16)18/h3-4,7-8,11,13,19H,5-6,9-10H2,1-2H3/t13-/m1/s1. The number of aromatic nitrogens is 2. The molecule has 1 saturated heterocycles. The highest BCUT2D eigenvalue weighted by Gasteiger charge is 2.30. The van der Waals surface area contributed by atoms with Crippen LogP contribution in [0, 0.1) is 12.7 Å². The molecule has 0 bridgehead atoms. The number of hydrogen-bond acceptors (Lipinski definition) is 3. The van der Waals surface area contributed by atoms with Crippen LogP contribution >= 0.6 is 0 Å². The van der Waals surface area contributed by atoms with Crippen LogP contribution in [0.15, 0.2) is 30.5 Å². The van der Waals surface area contributed by atoms with Crippen LogP contribution in [0.3, 0.4) is 0 Å². The SMILES string of the molecule is CNC[C@H]1CCCN1C(=O)c1cnn(-c2ccccc2F)c1C. The van der Waals surface area contributed by atoms with Crippen molar-refractivity contribution in [2.75, 3.05) is 20.1 Å². The number of carbonyl (C=O) groups excluding carboxylic acids is 1. The van der Waals surface area contributed by atoms with Crippen molar-refractivity contribution in [2.24, 2.45) is 0 Å². The molecule has 1 amide bonds. The zero-order valence-corrected chi connectivity index (χ0v) is 13.4. The molecule has 6 heteroatoms. The molecule has 2 aromatic rings. The van der Waals surface area contributed by atoms with Crippen molar-refractivity contribution < 1.29 is 9.18 Å². The van der Waals surface area contributed by atoms with E-state index in [1.165, 1.54) is 10.7 Å². The molecule has 0 saturated carbocycles. The summed E-state index contributed by atoms with van der Waals surface area (Å²) < 4.78 is 15.5. The van der Waals surface area contributed by atoms with Crippen molar-refractivity contribution in [1.29, 1.82) is 0 Å². The summed E-state index contributed by atoms with van der Waals surface area (Å²) in [6, 6.07) is 6.65. The van der Waals surface area contributed by atoms with Gasteiger partial charge in [0.05, 0.1) is 17.5 Å². The number of nitrogens with zero attached hydrogens (tertiary/aromatic N) is 3. The van der Waals surface area contributed by atoms with E-state index < -0.39 is 0 Å². The van der Waals surface area contributed by atoms with E-state index in [0.717, 1.165) is 25.9 Å². The Morgan fingerprint density at radius 1 is 1.43 bits per heavy atom. The first-order valence-corrected chi connectivity index (χ1v) is 7.88. The maximum atomic E-state index is 14.0. The number of carbonyl (C=O) groups is 1. The van der Waals surface area contributed by atoms with Crippen molar-refractivity contribution in [1.82, 2.24) is 20.0 Å². The highest BCUT2D eigenvalue weighted by atomic mass is 19.1. The molecule has 0 spiro atoms. The van der Waals surface area contributed by atoms with Crippen molar-refractivity contribution in [3.8, 4) is 5.69 Å². The van der Waals surface area contributed by atoms with Crippen LogP contribution in [0.25, 0.3) is 5.69 Å². The van der Waals surface area contributed by atoms with E-state index in [1.807, 2.05) is 11.9 Å². The Hall–Kier alpha value is -2.21. The Morgan fingerprint density at radius 3 is 2.96 bits per heavy atom. The lowest BCUT2D eigenvalue weighted by atomic mass is 10.2. The van der Waals surface area contributed by atoms with E-state index >= 15 is 0 Å². The third-order valence-electron chi connectivity index (χ3n) is 4.40. The summed E-state index contributed by atoms with van der Waals surface area (Å²) in [6.45, 7) is 3.34. The van der Waals surface area contributed by atoms with E-state index in [-0.39, 0.29) is 17.8 Å². The number of likely N-dealkylation sites (tertiary alicyclic amines) is 1. The molecule has 2 heterocycles. The topological polar surface area (TPSA) is 50.2 Å². The molecule has 1 aromatic carbocycles. The first-order chi connectivity index (χ1) is 11.1. The number of benzene rings is 1. The maximum Gasteiger partial charge on any atom is 0.257 e. The second-order valence-corrected chi connectivity index (χ2v) is 5.86. The normalized spacial score (nSPS) is 17.7. The summed E-state index contributed by atoms with van der Waals surface area (Å²) in [7, 11) is 1.89. The van der Waals surface area contributed by atoms with Gasteiger partial charge in [-0.25, -0.2) is 9.07 Å². The first kappa shape index (κ1) is 15.7. The smallest absolute Gasteiger partial charge is 0.257 e. The van der Waals surface area contributed by atoms with Gasteiger partial charge in [0.1, 0.15) is 11.5 Å². The van der Waals surface area contributed by atoms with Crippen molar-refractivity contribution in [3.63, 3.8) is 0 Å². The molecule has 1 atom stereocenters. The third-order valence-corrected chi connectivity index (χ3v) is 4.40. The van der Waals surface area contributed by atoms with Crippen LogP contribution in [0.5, 0.6) is 0 Å². The minimum atomic E-state index is -0.355. The number of likely N-dealkylation sites (N-methyl/N-ethyl adjacent to an activating group) is 1. The summed E-state index contributed by atoms with van der Waals surface area (Å²) >= 11 is 0. The van der Waals surface area contributed by atoms with Crippen LogP contribution < -0.4 is 5.32 Å². The molecule has 0 radical (unpaired) electrons. The Morgan fingerprint density at radius 2 is 2.22 bits per heavy atom. The maximum absolute atomic E-state index is 14.0. The zero-order chi connectivity index (χ0) is 16.4. The molecule has 122 valence electrons. The molecular weight excluding hydrogens is 295 g/mol. The molecule has 0 aliphatic carbocycles. The predicted octanol–water partition coefficient (Wildman–Crippen LogP) is 2.14. The van der Waals surface area contributed by atoms with Gasteiger partial charge in [0, 0.05) is 19.1 Å². The fraction of sp³-hybridized carbons (Fsp3) is 0.412. The van der Waals surface area contributed by atoms with Gasteiger partial charge >= 0.3 is 0 Å². The number of hydrogen-bond donors (Lipinski definition) is 1. The Bertz CT molecular complexity index is 712. The van der Waals surface area contributed by atoms with Gasteiger partial charge in [0.15, 0.2) is 0 Å². The van der Waals surface area contributed by atoms with Gasteiger partial charge < -0.3 is 10.2 Å². The van der Waals surface area contributed by atoms with Crippen LogP contribution in [-0.2, 0) is 0 Å². The molecule has 1 aromatic heterocycles. The third kappa shape index (κ3) is 2.86. The van der Waals surface area contributed by atoms with Crippen LogP contribution in [0.2, 0.25) is 0 Å². The molecule has 1 N–H and O–H groups in total. The average Bonchev–Trinajstić information content (AvgIpc) is 3.15. The van der Waals surface area contributed by atoms with Gasteiger partial charge in [0.25, 0.3) is 5.91 Å². The highest BCUT2D eigenvalue weighted by Crippen LogP contribution is 2.23. The summed E-state index contributed by atoms with van der Waals surface area (Å²) in [4.78, 5) is 14.7. The number of halogens is 1. The Kier molecular flexibility index (Phi) is 4.43. The van der Waals surface area contributed by atoms with Crippen molar-refractivity contribution in [2.45, 2.75) is 25.8 Å². The van der Waals surface area contributed by atoms with Gasteiger partial charge in [-0.15, -0.1) is 0 Å². The summed E-state index contributed by atoms with van der Waals surface area (Å²) in [6.07, 6.45) is 3.56. The lowest BCUT2D eigenvalue weighted by molar-refractivity contribution is 0.0736. The zero-order valence-electron chi connectivity index (χ0n) is 13.4. The molecular formula is C17H21FN4O. The lowest BCUT2D eigenvalue weighted by Gasteiger charge is -2.24. The van der Waals surface area contributed by atoms with Crippen molar-refractivity contribution in [3.05, 3.63) is 47.5 Å². The summed E-state index contributed by atoms with van der Waals surface area (Å²) in [5.41, 5.74) is 1.56. The van der Waals surface area contributed by atoms with Gasteiger partial charge in [-0.3, -0.25) is 4.79 Å². The number of nitrogens with one attached hydrogen (secondary N) is 1. The van der Waals surface area contributed by atoms with E-state index in [4.69, 9.17) is 0 Å². The second-order valence-electron chi connectivity index (χ2n) is 5.86. The number of amides is 1. The minimum absolute atomic E-state index is 0.0251. The van der Waals surface area contributed by atoms with Crippen LogP contribution in [-0.4, -0.2) is 46.8 Å². The molecule has 23 heavy (non-hydrogen) atoms. The van der Waals surface area contributed by atoms with Gasteiger partial charge in [-0.05, 0) is 38.9 Å². The second kappa shape index (κ2) is 6.50. The first-order valence-electron chi connectivity index (χ1n) is 7.88. The molecule has 1 aliphatic heterocycles. The lowest BCUT2D eigenvalue weighted by Crippen LogP contribution is -2.41. The van der Waals surface area contributed by atoms with Gasteiger partial charge in [-0.2, -0.15) is 5.10 Å². The molecule has 3 rings (SSSR count). The van der Waals surface area contributed by atoms with Crippen LogP contribution in [0.4, 0.5) is 4.39 Å². The Labute approximate surface area is 135 Å². The van der Waals surface area contributed by atoms with E-state index in [9.17, 15) is 9.18 Å². The van der Waals surface area contributed by atoms with Gasteiger partial charge in [0.2, 0.25) is 0 Å². The largest absolute Gasteiger partial charge is 0.334 e. The fourth-order valence-corrected chi connectivity index (χ4v) is 3.19. The number of para-hydroxylation sites is 1. The Balaban J connectivity index is 1.90. The van der Waals surface area contributed by atoms with E-state index in [0.29, 0.717) is 16.9 Å². The predicted molar refractivity (Wildman–Crippen MR) is 86.2 cm³/mol. The number of rotatable bonds is 4. The summed E-state index contributed by atoms with van der Waals surface area (Å²) in [5, 5.41) is 7.36. The fourth-order valence-electron chi connectivity index (χ4n) is 3.19. The quantitative estimate of drug-likeness (QED) is 0.940.